The Morgan fingerprint density at radius 3 is 2.79 bits per heavy atom. The topological polar surface area (TPSA) is 48.9 Å². The van der Waals surface area contributed by atoms with Gasteiger partial charge < -0.3 is 20.3 Å². The van der Waals surface area contributed by atoms with E-state index in [-0.39, 0.29) is 36.3 Å². The van der Waals surface area contributed by atoms with Gasteiger partial charge in [-0.15, -0.1) is 24.0 Å². The lowest BCUT2D eigenvalue weighted by Gasteiger charge is -2.17. The quantitative estimate of drug-likeness (QED) is 0.303. The Morgan fingerprint density at radius 1 is 1.32 bits per heavy atom. The van der Waals surface area contributed by atoms with Crippen LogP contribution in [-0.2, 0) is 6.54 Å². The molecule has 0 spiro atoms. The molecule has 0 aromatic heterocycles. The summed E-state index contributed by atoms with van der Waals surface area (Å²) in [6.07, 6.45) is 3.88. The molecule has 2 fully saturated rings. The number of alkyl halides is 2. The number of aliphatic imine (C=N–C) groups is 1. The monoisotopic (exact) mass is 528 g/mol. The summed E-state index contributed by atoms with van der Waals surface area (Å²) in [5.74, 6) is 1.38. The fraction of sp³-hybridized carbons (Fsp3) is 0.632. The molecular formula is C19H28ClF2IN4O. The Bertz CT molecular complexity index is 661. The van der Waals surface area contributed by atoms with Gasteiger partial charge in [0.15, 0.2) is 5.96 Å². The minimum absolute atomic E-state index is 0. The fourth-order valence-corrected chi connectivity index (χ4v) is 3.62. The molecule has 3 rings (SSSR count). The highest BCUT2D eigenvalue weighted by Gasteiger charge is 2.34. The van der Waals surface area contributed by atoms with Crippen molar-refractivity contribution in [1.29, 1.82) is 0 Å². The van der Waals surface area contributed by atoms with E-state index in [1.165, 1.54) is 37.9 Å². The molecule has 1 saturated heterocycles. The van der Waals surface area contributed by atoms with E-state index in [0.29, 0.717) is 22.5 Å². The second-order valence-corrected chi connectivity index (χ2v) is 7.52. The van der Waals surface area contributed by atoms with E-state index in [1.807, 2.05) is 6.92 Å². The van der Waals surface area contributed by atoms with Crippen LogP contribution in [0.5, 0.6) is 5.75 Å². The van der Waals surface area contributed by atoms with Crippen LogP contribution in [0.25, 0.3) is 0 Å². The van der Waals surface area contributed by atoms with Gasteiger partial charge in [0, 0.05) is 36.3 Å². The van der Waals surface area contributed by atoms with E-state index in [1.54, 1.807) is 6.07 Å². The van der Waals surface area contributed by atoms with Gasteiger partial charge in [-0.3, -0.25) is 0 Å². The molecule has 1 atom stereocenters. The molecule has 5 nitrogen and oxygen atoms in total. The summed E-state index contributed by atoms with van der Waals surface area (Å²) in [5.41, 5.74) is 0.528. The van der Waals surface area contributed by atoms with Crippen LogP contribution in [0.15, 0.2) is 23.2 Å². The Balaban J connectivity index is 0.00000280. The van der Waals surface area contributed by atoms with Crippen LogP contribution in [0.4, 0.5) is 8.78 Å². The van der Waals surface area contributed by atoms with Crippen LogP contribution in [-0.4, -0.2) is 49.7 Å². The number of hydrogen-bond acceptors (Lipinski definition) is 3. The van der Waals surface area contributed by atoms with Crippen LogP contribution < -0.4 is 15.4 Å². The van der Waals surface area contributed by atoms with Crippen LogP contribution >= 0.6 is 35.6 Å². The minimum atomic E-state index is -2.88. The van der Waals surface area contributed by atoms with Gasteiger partial charge >= 0.3 is 6.61 Å². The second-order valence-electron chi connectivity index (χ2n) is 7.09. The molecule has 0 amide bonds. The van der Waals surface area contributed by atoms with E-state index in [9.17, 15) is 8.78 Å². The summed E-state index contributed by atoms with van der Waals surface area (Å²) in [7, 11) is 0. The number of likely N-dealkylation sites (tertiary alicyclic amines) is 1. The molecule has 1 heterocycles. The number of halogens is 4. The SMILES string of the molecule is CCNC(=NCc1cc(Cl)ccc1OC(F)F)NCC1CCN(C2CC2)C1.I. The van der Waals surface area contributed by atoms with Crippen molar-refractivity contribution in [1.82, 2.24) is 15.5 Å². The zero-order valence-electron chi connectivity index (χ0n) is 16.0. The molecule has 28 heavy (non-hydrogen) atoms. The van der Waals surface area contributed by atoms with Crippen LogP contribution in [0, 0.1) is 5.92 Å². The highest BCUT2D eigenvalue weighted by Crippen LogP contribution is 2.31. The number of rotatable bonds is 8. The van der Waals surface area contributed by atoms with Crippen LogP contribution in [0.3, 0.4) is 0 Å². The van der Waals surface area contributed by atoms with Crippen molar-refractivity contribution in [3.63, 3.8) is 0 Å². The zero-order chi connectivity index (χ0) is 19.2. The Labute approximate surface area is 187 Å². The van der Waals surface area contributed by atoms with Gasteiger partial charge in [0.25, 0.3) is 0 Å². The smallest absolute Gasteiger partial charge is 0.387 e. The predicted molar refractivity (Wildman–Crippen MR) is 119 cm³/mol. The highest BCUT2D eigenvalue weighted by molar-refractivity contribution is 14.0. The summed E-state index contributed by atoms with van der Waals surface area (Å²) >= 11 is 5.99. The first-order valence-electron chi connectivity index (χ1n) is 9.54. The average molecular weight is 529 g/mol. The zero-order valence-corrected chi connectivity index (χ0v) is 19.1. The van der Waals surface area contributed by atoms with E-state index in [4.69, 9.17) is 11.6 Å². The average Bonchev–Trinajstić information content (AvgIpc) is 3.37. The van der Waals surface area contributed by atoms with Crippen LogP contribution in [0.2, 0.25) is 5.02 Å². The van der Waals surface area contributed by atoms with Crippen molar-refractivity contribution < 1.29 is 13.5 Å². The van der Waals surface area contributed by atoms with Gasteiger partial charge in [0.05, 0.1) is 6.54 Å². The minimum Gasteiger partial charge on any atom is -0.434 e. The number of benzene rings is 1. The van der Waals surface area contributed by atoms with Crippen molar-refractivity contribution in [2.75, 3.05) is 26.2 Å². The molecule has 1 aromatic rings. The third kappa shape index (κ3) is 7.18. The Hall–Kier alpha value is -0.870. The molecule has 2 N–H and O–H groups in total. The van der Waals surface area contributed by atoms with Gasteiger partial charge in [-0.25, -0.2) is 4.99 Å². The van der Waals surface area contributed by atoms with E-state index in [2.05, 4.69) is 25.3 Å². The molecule has 1 aromatic carbocycles. The summed E-state index contributed by atoms with van der Waals surface area (Å²) in [4.78, 5) is 7.10. The standard InChI is InChI=1S/C19H27ClF2N4O.HI/c1-2-23-19(24-10-13-7-8-26(12-13)16-4-5-16)25-11-14-9-15(20)3-6-17(14)27-18(21)22;/h3,6,9,13,16,18H,2,4-5,7-8,10-12H2,1H3,(H2,23,24,25);1H. The normalized spacial score (nSPS) is 20.2. The molecule has 2 aliphatic rings. The maximum absolute atomic E-state index is 12.6. The van der Waals surface area contributed by atoms with Crippen molar-refractivity contribution >= 4 is 41.5 Å². The van der Waals surface area contributed by atoms with E-state index >= 15 is 0 Å². The number of nitrogens with one attached hydrogen (secondary N) is 2. The van der Waals surface area contributed by atoms with Gasteiger partial charge in [-0.1, -0.05) is 11.6 Å². The molecule has 1 aliphatic heterocycles. The first kappa shape index (κ1) is 23.4. The number of hydrogen-bond donors (Lipinski definition) is 2. The van der Waals surface area contributed by atoms with Crippen LogP contribution in [0.1, 0.15) is 31.7 Å². The summed E-state index contributed by atoms with van der Waals surface area (Å²) in [6, 6.07) is 5.40. The second kappa shape index (κ2) is 11.3. The lowest BCUT2D eigenvalue weighted by atomic mass is 10.1. The molecule has 1 aliphatic carbocycles. The molecule has 9 heteroatoms. The van der Waals surface area contributed by atoms with E-state index in [0.717, 1.165) is 25.7 Å². The van der Waals surface area contributed by atoms with Crippen molar-refractivity contribution in [3.8, 4) is 5.75 Å². The number of guanidine groups is 1. The van der Waals surface area contributed by atoms with Gasteiger partial charge in [0.2, 0.25) is 0 Å². The predicted octanol–water partition coefficient (Wildman–Crippen LogP) is 4.10. The number of ether oxygens (including phenoxy) is 1. The van der Waals surface area contributed by atoms with Gasteiger partial charge in [0.1, 0.15) is 5.75 Å². The van der Waals surface area contributed by atoms with Crippen molar-refractivity contribution in [3.05, 3.63) is 28.8 Å². The van der Waals surface area contributed by atoms with Crippen molar-refractivity contribution in [2.45, 2.75) is 45.4 Å². The lowest BCUT2D eigenvalue weighted by Crippen LogP contribution is -2.40. The van der Waals surface area contributed by atoms with Gasteiger partial charge in [-0.2, -0.15) is 8.78 Å². The first-order valence-corrected chi connectivity index (χ1v) is 9.92. The largest absolute Gasteiger partial charge is 0.434 e. The maximum Gasteiger partial charge on any atom is 0.387 e. The Morgan fingerprint density at radius 2 is 2.11 bits per heavy atom. The van der Waals surface area contributed by atoms with E-state index < -0.39 is 6.61 Å². The summed E-state index contributed by atoms with van der Waals surface area (Å²) < 4.78 is 29.7. The number of nitrogens with zero attached hydrogens (tertiary/aromatic N) is 2. The third-order valence-electron chi connectivity index (χ3n) is 4.93. The summed E-state index contributed by atoms with van der Waals surface area (Å²) in [6.45, 7) is 3.21. The molecule has 158 valence electrons. The highest BCUT2D eigenvalue weighted by atomic mass is 127. The Kier molecular flexibility index (Phi) is 9.49. The lowest BCUT2D eigenvalue weighted by molar-refractivity contribution is -0.0504. The van der Waals surface area contributed by atoms with Crippen molar-refractivity contribution in [2.24, 2.45) is 10.9 Å². The molecule has 1 saturated carbocycles. The maximum atomic E-state index is 12.6. The first-order chi connectivity index (χ1) is 13.0. The third-order valence-corrected chi connectivity index (χ3v) is 5.16. The van der Waals surface area contributed by atoms with Gasteiger partial charge in [-0.05, 0) is 56.8 Å². The molecule has 1 unspecified atom stereocenters. The molecule has 0 radical (unpaired) electrons. The molecular weight excluding hydrogens is 501 g/mol. The summed E-state index contributed by atoms with van der Waals surface area (Å²) in [5, 5.41) is 7.04. The fourth-order valence-electron chi connectivity index (χ4n) is 3.43. The molecule has 0 bridgehead atoms.